The van der Waals surface area contributed by atoms with Gasteiger partial charge in [0, 0.05) is 13.0 Å². The number of amides is 2. The van der Waals surface area contributed by atoms with E-state index in [1.165, 1.54) is 4.90 Å². The van der Waals surface area contributed by atoms with Crippen LogP contribution in [0.15, 0.2) is 0 Å². The minimum Gasteiger partial charge on any atom is -0.355 e. The number of hydrogen-bond donors (Lipinski definition) is 0. The van der Waals surface area contributed by atoms with Crippen LogP contribution < -0.4 is 0 Å². The fourth-order valence-corrected chi connectivity index (χ4v) is 1.97. The van der Waals surface area contributed by atoms with E-state index in [9.17, 15) is 9.59 Å². The number of fused-ring (bicyclic) bond motifs is 2. The van der Waals surface area contributed by atoms with E-state index in [-0.39, 0.29) is 24.0 Å². The molecular weight excluding hydrogens is 194 g/mol. The van der Waals surface area contributed by atoms with Crippen molar-refractivity contribution in [1.29, 1.82) is 0 Å². The van der Waals surface area contributed by atoms with Crippen molar-refractivity contribution < 1.29 is 14.3 Å². The number of ether oxygens (including phenoxy) is 1. The summed E-state index contributed by atoms with van der Waals surface area (Å²) in [5, 5.41) is 0. The van der Waals surface area contributed by atoms with Crippen LogP contribution in [0, 0.1) is 11.8 Å². The summed E-state index contributed by atoms with van der Waals surface area (Å²) < 4.78 is 5.28. The Kier molecular flexibility index (Phi) is 2.74. The van der Waals surface area contributed by atoms with Crippen molar-refractivity contribution in [3.05, 3.63) is 0 Å². The van der Waals surface area contributed by atoms with Crippen LogP contribution in [0.25, 0.3) is 0 Å². The molecule has 2 amide bonds. The smallest absolute Gasteiger partial charge is 0.258 e. The third kappa shape index (κ3) is 1.75. The van der Waals surface area contributed by atoms with E-state index in [2.05, 4.69) is 11.8 Å². The van der Waals surface area contributed by atoms with Gasteiger partial charge in [0.25, 0.3) is 11.8 Å². The van der Waals surface area contributed by atoms with Gasteiger partial charge in [-0.15, -0.1) is 11.8 Å². The normalized spacial score (nSPS) is 29.0. The van der Waals surface area contributed by atoms with Crippen LogP contribution in [-0.4, -0.2) is 35.5 Å². The number of imide groups is 1. The van der Waals surface area contributed by atoms with E-state index in [0.717, 1.165) is 0 Å². The number of morpholine rings is 1. The quantitative estimate of drug-likeness (QED) is 0.484. The Balaban J connectivity index is 2.05. The largest absolute Gasteiger partial charge is 0.355 e. The summed E-state index contributed by atoms with van der Waals surface area (Å²) in [4.78, 5) is 24.7. The molecule has 2 heterocycles. The molecule has 0 aromatic heterocycles. The Morgan fingerprint density at radius 3 is 2.47 bits per heavy atom. The van der Waals surface area contributed by atoms with Crippen LogP contribution in [0.2, 0.25) is 0 Å². The molecule has 2 aliphatic heterocycles. The van der Waals surface area contributed by atoms with Crippen LogP contribution in [0.4, 0.5) is 0 Å². The van der Waals surface area contributed by atoms with Gasteiger partial charge in [-0.1, -0.05) is 0 Å². The van der Waals surface area contributed by atoms with Crippen molar-refractivity contribution in [1.82, 2.24) is 4.90 Å². The third-order valence-electron chi connectivity index (χ3n) is 2.74. The molecule has 2 aliphatic rings. The first-order valence-corrected chi connectivity index (χ1v) is 5.14. The molecule has 80 valence electrons. The zero-order chi connectivity index (χ0) is 10.8. The number of hydrogen-bond acceptors (Lipinski definition) is 3. The molecule has 2 fully saturated rings. The standard InChI is InChI=1S/C11H13NO3/c1-2-3-4-7-12-10(13)8-5-6-9(15-8)11(12)14/h8-9H,4-7H2,1H3. The van der Waals surface area contributed by atoms with E-state index >= 15 is 0 Å². The molecule has 0 aliphatic carbocycles. The molecule has 0 aromatic carbocycles. The zero-order valence-corrected chi connectivity index (χ0v) is 8.66. The molecule has 0 saturated carbocycles. The van der Waals surface area contributed by atoms with Gasteiger partial charge in [-0.3, -0.25) is 14.5 Å². The second-order valence-corrected chi connectivity index (χ2v) is 3.70. The summed E-state index contributed by atoms with van der Waals surface area (Å²) in [6.45, 7) is 2.14. The predicted molar refractivity (Wildman–Crippen MR) is 52.7 cm³/mol. The van der Waals surface area contributed by atoms with Gasteiger partial charge in [-0.2, -0.15) is 0 Å². The zero-order valence-electron chi connectivity index (χ0n) is 8.66. The van der Waals surface area contributed by atoms with Crippen LogP contribution in [0.1, 0.15) is 26.2 Å². The second kappa shape index (κ2) is 4.03. The van der Waals surface area contributed by atoms with Gasteiger partial charge >= 0.3 is 0 Å². The summed E-state index contributed by atoms with van der Waals surface area (Å²) in [6, 6.07) is 0. The van der Waals surface area contributed by atoms with Crippen molar-refractivity contribution in [2.75, 3.05) is 6.54 Å². The van der Waals surface area contributed by atoms with Gasteiger partial charge in [0.1, 0.15) is 12.2 Å². The van der Waals surface area contributed by atoms with E-state index in [1.807, 2.05) is 0 Å². The molecule has 15 heavy (non-hydrogen) atoms. The average molecular weight is 207 g/mol. The number of likely N-dealkylation sites (tertiary alicyclic amines) is 1. The highest BCUT2D eigenvalue weighted by molar-refractivity contribution is 6.02. The van der Waals surface area contributed by atoms with E-state index in [0.29, 0.717) is 25.8 Å². The van der Waals surface area contributed by atoms with Gasteiger partial charge in [-0.05, 0) is 19.8 Å². The molecule has 2 atom stereocenters. The summed E-state index contributed by atoms with van der Waals surface area (Å²) in [5.74, 6) is 5.22. The maximum absolute atomic E-state index is 11.7. The first-order valence-electron chi connectivity index (χ1n) is 5.14. The molecule has 2 saturated heterocycles. The van der Waals surface area contributed by atoms with Crippen molar-refractivity contribution in [2.45, 2.75) is 38.4 Å². The monoisotopic (exact) mass is 207 g/mol. The molecule has 4 nitrogen and oxygen atoms in total. The fraction of sp³-hybridized carbons (Fsp3) is 0.636. The molecular formula is C11H13NO3. The molecule has 2 unspecified atom stereocenters. The van der Waals surface area contributed by atoms with Crippen LogP contribution in [0.3, 0.4) is 0 Å². The first kappa shape index (κ1) is 10.2. The Morgan fingerprint density at radius 2 is 1.93 bits per heavy atom. The maximum atomic E-state index is 11.7. The number of rotatable bonds is 2. The molecule has 0 spiro atoms. The summed E-state index contributed by atoms with van der Waals surface area (Å²) in [5.41, 5.74) is 0. The Labute approximate surface area is 88.6 Å². The van der Waals surface area contributed by atoms with Crippen molar-refractivity contribution in [3.63, 3.8) is 0 Å². The van der Waals surface area contributed by atoms with Crippen molar-refractivity contribution in [2.24, 2.45) is 0 Å². The maximum Gasteiger partial charge on any atom is 0.258 e. The Bertz CT molecular complexity index is 331. The van der Waals surface area contributed by atoms with E-state index in [1.54, 1.807) is 6.92 Å². The average Bonchev–Trinajstić information content (AvgIpc) is 2.67. The first-order chi connectivity index (χ1) is 7.24. The van der Waals surface area contributed by atoms with Gasteiger partial charge in [0.2, 0.25) is 0 Å². The SMILES string of the molecule is CC#CCCN1C(=O)C2CCC(O2)C1=O. The lowest BCUT2D eigenvalue weighted by atomic mass is 10.2. The number of carbonyl (C=O) groups is 2. The topological polar surface area (TPSA) is 46.6 Å². The molecule has 2 bridgehead atoms. The number of nitrogens with zero attached hydrogens (tertiary/aromatic N) is 1. The van der Waals surface area contributed by atoms with Crippen LogP contribution >= 0.6 is 0 Å². The van der Waals surface area contributed by atoms with Gasteiger partial charge in [-0.25, -0.2) is 0 Å². The third-order valence-corrected chi connectivity index (χ3v) is 2.74. The lowest BCUT2D eigenvalue weighted by Gasteiger charge is -2.29. The van der Waals surface area contributed by atoms with E-state index in [4.69, 9.17) is 4.74 Å². The summed E-state index contributed by atoms with van der Waals surface area (Å²) in [7, 11) is 0. The Morgan fingerprint density at radius 1 is 1.33 bits per heavy atom. The van der Waals surface area contributed by atoms with Gasteiger partial charge in [0.15, 0.2) is 0 Å². The summed E-state index contributed by atoms with van der Waals surface area (Å²) in [6.07, 6.45) is 1.12. The molecule has 0 radical (unpaired) electrons. The highest BCUT2D eigenvalue weighted by atomic mass is 16.5. The van der Waals surface area contributed by atoms with Crippen molar-refractivity contribution >= 4 is 11.8 Å². The molecule has 0 aromatic rings. The minimum absolute atomic E-state index is 0.188. The molecule has 0 N–H and O–H groups in total. The van der Waals surface area contributed by atoms with Crippen LogP contribution in [0.5, 0.6) is 0 Å². The van der Waals surface area contributed by atoms with Gasteiger partial charge < -0.3 is 4.74 Å². The minimum atomic E-state index is -0.387. The van der Waals surface area contributed by atoms with E-state index < -0.39 is 0 Å². The summed E-state index contributed by atoms with van der Waals surface area (Å²) >= 11 is 0. The number of carbonyl (C=O) groups excluding carboxylic acids is 2. The van der Waals surface area contributed by atoms with Crippen LogP contribution in [-0.2, 0) is 14.3 Å². The molecule has 2 rings (SSSR count). The second-order valence-electron chi connectivity index (χ2n) is 3.70. The van der Waals surface area contributed by atoms with Gasteiger partial charge in [0.05, 0.1) is 0 Å². The highest BCUT2D eigenvalue weighted by Crippen LogP contribution is 2.28. The lowest BCUT2D eigenvalue weighted by Crippen LogP contribution is -2.51. The fourth-order valence-electron chi connectivity index (χ4n) is 1.97. The Hall–Kier alpha value is -1.34. The highest BCUT2D eigenvalue weighted by Gasteiger charge is 2.45. The molecule has 4 heteroatoms. The van der Waals surface area contributed by atoms with Crippen molar-refractivity contribution in [3.8, 4) is 11.8 Å². The lowest BCUT2D eigenvalue weighted by molar-refractivity contribution is -0.168. The predicted octanol–water partition coefficient (Wildman–Crippen LogP) is 0.316.